The van der Waals surface area contributed by atoms with Crippen LogP contribution in [-0.2, 0) is 4.74 Å². The van der Waals surface area contributed by atoms with Crippen molar-refractivity contribution >= 4 is 0 Å². The van der Waals surface area contributed by atoms with E-state index in [1.54, 1.807) is 6.42 Å². The highest BCUT2D eigenvalue weighted by atomic mass is 16.6. The second kappa shape index (κ2) is 5.53. The molecule has 7 aliphatic rings. The molecule has 0 amide bonds. The van der Waals surface area contributed by atoms with Crippen LogP contribution in [0.15, 0.2) is 23.8 Å². The zero-order valence-electron chi connectivity index (χ0n) is 17.7. The minimum absolute atomic E-state index is 0.147. The van der Waals surface area contributed by atoms with Crippen molar-refractivity contribution in [2.45, 2.75) is 90.3 Å². The number of ether oxygens (including phenoxy) is 1. The Kier molecular flexibility index (Phi) is 3.54. The molecular formula is C26H38O. The molecule has 0 spiro atoms. The first-order chi connectivity index (χ1) is 12.8. The van der Waals surface area contributed by atoms with Crippen molar-refractivity contribution in [2.75, 3.05) is 0 Å². The van der Waals surface area contributed by atoms with Crippen molar-refractivity contribution < 1.29 is 4.74 Å². The molecule has 1 heterocycles. The van der Waals surface area contributed by atoms with Crippen molar-refractivity contribution in [3.05, 3.63) is 23.8 Å². The average molecular weight is 367 g/mol. The van der Waals surface area contributed by atoms with Crippen LogP contribution in [0.2, 0.25) is 0 Å². The number of allylic oxidation sites excluding steroid dienone is 3. The van der Waals surface area contributed by atoms with Gasteiger partial charge >= 0.3 is 0 Å². The Morgan fingerprint density at radius 1 is 0.963 bits per heavy atom. The molecule has 148 valence electrons. The molecule has 0 aromatic rings. The van der Waals surface area contributed by atoms with Crippen LogP contribution < -0.4 is 0 Å². The van der Waals surface area contributed by atoms with Crippen molar-refractivity contribution in [2.24, 2.45) is 46.8 Å². The summed E-state index contributed by atoms with van der Waals surface area (Å²) in [5.74, 6) is 6.24. The van der Waals surface area contributed by atoms with E-state index in [1.807, 2.05) is 5.57 Å². The molecule has 1 aliphatic heterocycles. The number of epoxide rings is 1. The van der Waals surface area contributed by atoms with Crippen LogP contribution in [0.3, 0.4) is 0 Å². The molecule has 4 bridgehead atoms. The van der Waals surface area contributed by atoms with Crippen LogP contribution in [0.5, 0.6) is 0 Å². The Morgan fingerprint density at radius 2 is 1.63 bits per heavy atom. The molecule has 7 rings (SSSR count). The maximum absolute atomic E-state index is 6.27. The smallest absolute Gasteiger partial charge is 0.0926 e. The van der Waals surface area contributed by atoms with E-state index in [1.165, 1.54) is 56.9 Å². The van der Waals surface area contributed by atoms with E-state index in [9.17, 15) is 0 Å². The standard InChI is InChI=1S/C26H38O/c1-15-5-6-23-26(4,27-23)13-20(24-22(15)14-25(24,2)3)12-21-18-8-16-7-17(10-18)11-19(21)9-16/h12,16-20,22-24H,1,5-11,13-14H2,2-4H3/t16?,17?,18?,19?,20?,22-,23-,24-,26-/m1/s1. The van der Waals surface area contributed by atoms with Gasteiger partial charge in [0.05, 0.1) is 11.7 Å². The Morgan fingerprint density at radius 3 is 2.26 bits per heavy atom. The first-order valence-corrected chi connectivity index (χ1v) is 11.9. The van der Waals surface area contributed by atoms with E-state index in [0.29, 0.717) is 17.4 Å². The van der Waals surface area contributed by atoms with Crippen molar-refractivity contribution in [1.29, 1.82) is 0 Å². The third-order valence-electron chi connectivity index (χ3n) is 9.96. The summed E-state index contributed by atoms with van der Waals surface area (Å²) < 4.78 is 6.27. The van der Waals surface area contributed by atoms with Crippen LogP contribution in [0, 0.1) is 46.8 Å². The van der Waals surface area contributed by atoms with Crippen LogP contribution in [0.1, 0.15) is 78.6 Å². The number of hydrogen-bond donors (Lipinski definition) is 0. The molecule has 0 aromatic heterocycles. The summed E-state index contributed by atoms with van der Waals surface area (Å²) in [7, 11) is 0. The van der Waals surface area contributed by atoms with Gasteiger partial charge in [-0.1, -0.05) is 37.6 Å². The highest BCUT2D eigenvalue weighted by molar-refractivity contribution is 5.26. The summed E-state index contributed by atoms with van der Waals surface area (Å²) in [6.07, 6.45) is 15.9. The summed E-state index contributed by atoms with van der Waals surface area (Å²) in [4.78, 5) is 0. The molecule has 5 atom stereocenters. The van der Waals surface area contributed by atoms with Crippen molar-refractivity contribution in [1.82, 2.24) is 0 Å². The van der Waals surface area contributed by atoms with Crippen LogP contribution in [-0.4, -0.2) is 11.7 Å². The minimum Gasteiger partial charge on any atom is -0.366 e. The summed E-state index contributed by atoms with van der Waals surface area (Å²) in [5.41, 5.74) is 4.05. The number of rotatable bonds is 1. The molecule has 1 saturated heterocycles. The lowest BCUT2D eigenvalue weighted by Crippen LogP contribution is -2.49. The van der Waals surface area contributed by atoms with E-state index < -0.39 is 0 Å². The zero-order chi connectivity index (χ0) is 18.6. The van der Waals surface area contributed by atoms with Crippen LogP contribution in [0.25, 0.3) is 0 Å². The van der Waals surface area contributed by atoms with Crippen molar-refractivity contribution in [3.63, 3.8) is 0 Å². The molecular weight excluding hydrogens is 328 g/mol. The second-order valence-electron chi connectivity index (χ2n) is 12.3. The molecule has 0 N–H and O–H groups in total. The van der Waals surface area contributed by atoms with Gasteiger partial charge < -0.3 is 4.74 Å². The summed E-state index contributed by atoms with van der Waals surface area (Å²) in [5, 5.41) is 0. The topological polar surface area (TPSA) is 12.5 Å². The lowest BCUT2D eigenvalue weighted by Gasteiger charge is -2.57. The van der Waals surface area contributed by atoms with Gasteiger partial charge in [-0.05, 0) is 112 Å². The Bertz CT molecular complexity index is 669. The normalized spacial score (nSPS) is 54.9. The highest BCUT2D eigenvalue weighted by Crippen LogP contribution is 2.63. The van der Waals surface area contributed by atoms with Gasteiger partial charge in [0.15, 0.2) is 0 Å². The highest BCUT2D eigenvalue weighted by Gasteiger charge is 2.59. The fourth-order valence-electron chi connectivity index (χ4n) is 8.83. The van der Waals surface area contributed by atoms with Gasteiger partial charge in [-0.2, -0.15) is 0 Å². The third-order valence-corrected chi connectivity index (χ3v) is 9.96. The lowest BCUT2D eigenvalue weighted by atomic mass is 9.48. The predicted molar refractivity (Wildman–Crippen MR) is 110 cm³/mol. The van der Waals surface area contributed by atoms with Crippen LogP contribution >= 0.6 is 0 Å². The fraction of sp³-hybridized carbons (Fsp3) is 0.846. The van der Waals surface area contributed by atoms with Gasteiger partial charge in [-0.25, -0.2) is 0 Å². The average Bonchev–Trinajstić information content (AvgIpc) is 3.21. The monoisotopic (exact) mass is 366 g/mol. The van der Waals surface area contributed by atoms with E-state index >= 15 is 0 Å². The Hall–Kier alpha value is -0.560. The van der Waals surface area contributed by atoms with E-state index in [0.717, 1.165) is 35.5 Å². The van der Waals surface area contributed by atoms with Gasteiger partial charge in [0.1, 0.15) is 0 Å². The molecule has 1 unspecified atom stereocenters. The summed E-state index contributed by atoms with van der Waals surface area (Å²) in [6, 6.07) is 0. The molecule has 1 heteroatoms. The number of fused-ring (bicyclic) bond motifs is 2. The molecule has 27 heavy (non-hydrogen) atoms. The first-order valence-electron chi connectivity index (χ1n) is 11.9. The van der Waals surface area contributed by atoms with E-state index in [-0.39, 0.29) is 5.60 Å². The SMILES string of the molecule is C=C1CC[C@H]2O[C@]2(C)CC(C=C2C3CC4CC(C3)CC2C4)[C@@H]2[C@@H]1CC2(C)C. The fourth-order valence-corrected chi connectivity index (χ4v) is 8.83. The van der Waals surface area contributed by atoms with Crippen LogP contribution in [0.4, 0.5) is 0 Å². The predicted octanol–water partition coefficient (Wildman–Crippen LogP) is 6.55. The first kappa shape index (κ1) is 17.3. The molecule has 0 radical (unpaired) electrons. The largest absolute Gasteiger partial charge is 0.366 e. The summed E-state index contributed by atoms with van der Waals surface area (Å²) >= 11 is 0. The number of hydrogen-bond acceptors (Lipinski definition) is 1. The minimum atomic E-state index is 0.147. The third kappa shape index (κ3) is 2.59. The maximum atomic E-state index is 6.27. The zero-order valence-corrected chi connectivity index (χ0v) is 17.7. The Labute approximate surface area is 166 Å². The Balaban J connectivity index is 1.36. The molecule has 7 fully saturated rings. The van der Waals surface area contributed by atoms with Gasteiger partial charge in [-0.15, -0.1) is 0 Å². The van der Waals surface area contributed by atoms with Gasteiger partial charge in [0.2, 0.25) is 0 Å². The molecule has 6 aliphatic carbocycles. The van der Waals surface area contributed by atoms with Crippen molar-refractivity contribution in [3.8, 4) is 0 Å². The van der Waals surface area contributed by atoms with Gasteiger partial charge in [-0.3, -0.25) is 0 Å². The maximum Gasteiger partial charge on any atom is 0.0926 e. The second-order valence-corrected chi connectivity index (χ2v) is 12.3. The quantitative estimate of drug-likeness (QED) is 0.379. The summed E-state index contributed by atoms with van der Waals surface area (Å²) in [6.45, 7) is 12.0. The van der Waals surface area contributed by atoms with Gasteiger partial charge in [0.25, 0.3) is 0 Å². The van der Waals surface area contributed by atoms with E-state index in [4.69, 9.17) is 4.74 Å². The molecule has 1 nitrogen and oxygen atoms in total. The van der Waals surface area contributed by atoms with Gasteiger partial charge in [0, 0.05) is 0 Å². The van der Waals surface area contributed by atoms with E-state index in [2.05, 4.69) is 33.4 Å². The lowest BCUT2D eigenvalue weighted by molar-refractivity contribution is -0.0300. The molecule has 0 aromatic carbocycles. The molecule has 6 saturated carbocycles.